The van der Waals surface area contributed by atoms with Crippen molar-refractivity contribution in [2.24, 2.45) is 5.73 Å². The molecule has 0 spiro atoms. The summed E-state index contributed by atoms with van der Waals surface area (Å²) in [5.41, 5.74) is 2.81. The van der Waals surface area contributed by atoms with Crippen LogP contribution in [0, 0.1) is 0 Å². The van der Waals surface area contributed by atoms with Gasteiger partial charge in [-0.2, -0.15) is 0 Å². The van der Waals surface area contributed by atoms with Crippen molar-refractivity contribution in [2.45, 2.75) is 128 Å². The molecule has 0 aliphatic carbocycles. The van der Waals surface area contributed by atoms with Gasteiger partial charge in [0, 0.05) is 6.42 Å². The van der Waals surface area contributed by atoms with Gasteiger partial charge in [0.25, 0.3) is 5.91 Å². The maximum absolute atomic E-state index is 11.8. The number of hydrogen-bond acceptors (Lipinski definition) is 4. The fourth-order valence-electron chi connectivity index (χ4n) is 3.26. The summed E-state index contributed by atoms with van der Waals surface area (Å²) in [7, 11) is 0. The highest BCUT2D eigenvalue weighted by Crippen LogP contribution is 2.16. The molecule has 27 heavy (non-hydrogen) atoms. The van der Waals surface area contributed by atoms with Gasteiger partial charge in [0.1, 0.15) is 6.10 Å². The summed E-state index contributed by atoms with van der Waals surface area (Å²) < 4.78 is 0. The number of aliphatic hydroxyl groups is 2. The van der Waals surface area contributed by atoms with Crippen molar-refractivity contribution >= 4 is 11.7 Å². The molecule has 160 valence electrons. The van der Waals surface area contributed by atoms with Crippen molar-refractivity contribution in [1.29, 1.82) is 0 Å². The molecule has 5 heteroatoms. The van der Waals surface area contributed by atoms with E-state index < -0.39 is 23.4 Å². The predicted octanol–water partition coefficient (Wildman–Crippen LogP) is 4.41. The number of ketones is 1. The third-order valence-electron chi connectivity index (χ3n) is 5.36. The standard InChI is InChI=1S/C22H43NO4/c1-3-4-5-6-7-8-9-10-11-12-13-14-15-16-17-18-19(24)20(25)22(2,27)21(23)26/h20,25,27H,3-18H2,1-2H3,(H2,23,26). The Morgan fingerprint density at radius 3 is 1.44 bits per heavy atom. The van der Waals surface area contributed by atoms with E-state index in [9.17, 15) is 19.8 Å². The van der Waals surface area contributed by atoms with E-state index >= 15 is 0 Å². The van der Waals surface area contributed by atoms with Crippen LogP contribution in [0.25, 0.3) is 0 Å². The first-order valence-corrected chi connectivity index (χ1v) is 11.1. The zero-order valence-corrected chi connectivity index (χ0v) is 17.7. The summed E-state index contributed by atoms with van der Waals surface area (Å²) in [4.78, 5) is 22.9. The summed E-state index contributed by atoms with van der Waals surface area (Å²) in [5.74, 6) is -1.60. The molecule has 2 atom stereocenters. The summed E-state index contributed by atoms with van der Waals surface area (Å²) in [6.45, 7) is 3.33. The molecular formula is C22H43NO4. The van der Waals surface area contributed by atoms with E-state index in [2.05, 4.69) is 6.92 Å². The van der Waals surface area contributed by atoms with E-state index in [4.69, 9.17) is 5.73 Å². The third-order valence-corrected chi connectivity index (χ3v) is 5.36. The highest BCUT2D eigenvalue weighted by Gasteiger charge is 2.40. The maximum Gasteiger partial charge on any atom is 0.252 e. The molecule has 1 amide bonds. The Balaban J connectivity index is 3.43. The van der Waals surface area contributed by atoms with Crippen LogP contribution in [0.2, 0.25) is 0 Å². The average Bonchev–Trinajstić information content (AvgIpc) is 2.63. The predicted molar refractivity (Wildman–Crippen MR) is 110 cm³/mol. The van der Waals surface area contributed by atoms with Crippen molar-refractivity contribution in [3.05, 3.63) is 0 Å². The lowest BCUT2D eigenvalue weighted by atomic mass is 9.92. The maximum atomic E-state index is 11.8. The number of carbonyl (C=O) groups excluding carboxylic acids is 2. The van der Waals surface area contributed by atoms with Crippen LogP contribution in [0.4, 0.5) is 0 Å². The Bertz CT molecular complexity index is 396. The van der Waals surface area contributed by atoms with E-state index in [0.29, 0.717) is 6.42 Å². The van der Waals surface area contributed by atoms with Crippen molar-refractivity contribution in [3.8, 4) is 0 Å². The van der Waals surface area contributed by atoms with Gasteiger partial charge in [-0.25, -0.2) is 0 Å². The molecule has 0 aliphatic rings. The number of nitrogens with two attached hydrogens (primary N) is 1. The number of unbranched alkanes of at least 4 members (excludes halogenated alkanes) is 14. The average molecular weight is 386 g/mol. The number of Topliss-reactive ketones (excluding diaryl/α,β-unsaturated/α-hetero) is 1. The fraction of sp³-hybridized carbons (Fsp3) is 0.909. The topological polar surface area (TPSA) is 101 Å². The highest BCUT2D eigenvalue weighted by molar-refractivity contribution is 5.93. The lowest BCUT2D eigenvalue weighted by Crippen LogP contribution is -2.53. The SMILES string of the molecule is CCCCCCCCCCCCCCCCCC(=O)C(O)C(C)(O)C(N)=O. The molecule has 0 saturated heterocycles. The van der Waals surface area contributed by atoms with Gasteiger partial charge >= 0.3 is 0 Å². The number of primary amides is 1. The second kappa shape index (κ2) is 16.1. The molecule has 4 N–H and O–H groups in total. The minimum absolute atomic E-state index is 0.169. The van der Waals surface area contributed by atoms with Crippen LogP contribution in [0.15, 0.2) is 0 Å². The Morgan fingerprint density at radius 2 is 1.11 bits per heavy atom. The van der Waals surface area contributed by atoms with Gasteiger partial charge in [-0.1, -0.05) is 96.8 Å². The summed E-state index contributed by atoms with van der Waals surface area (Å²) in [5, 5.41) is 19.4. The van der Waals surface area contributed by atoms with Crippen molar-refractivity contribution in [2.75, 3.05) is 0 Å². The largest absolute Gasteiger partial charge is 0.382 e. The van der Waals surface area contributed by atoms with Gasteiger partial charge in [-0.3, -0.25) is 9.59 Å². The van der Waals surface area contributed by atoms with Crippen LogP contribution in [-0.2, 0) is 9.59 Å². The first-order chi connectivity index (χ1) is 12.8. The number of carbonyl (C=O) groups is 2. The molecule has 0 aliphatic heterocycles. The molecule has 0 radical (unpaired) electrons. The van der Waals surface area contributed by atoms with E-state index in [1.807, 2.05) is 0 Å². The molecular weight excluding hydrogens is 342 g/mol. The molecule has 0 aromatic rings. The van der Waals surface area contributed by atoms with Crippen LogP contribution in [0.1, 0.15) is 117 Å². The van der Waals surface area contributed by atoms with Crippen LogP contribution in [0.5, 0.6) is 0 Å². The number of rotatable bonds is 19. The highest BCUT2D eigenvalue weighted by atomic mass is 16.4. The van der Waals surface area contributed by atoms with Crippen molar-refractivity contribution in [3.63, 3.8) is 0 Å². The molecule has 0 aromatic carbocycles. The molecule has 5 nitrogen and oxygen atoms in total. The molecule has 0 aromatic heterocycles. The van der Waals surface area contributed by atoms with Crippen LogP contribution in [-0.4, -0.2) is 33.6 Å². The van der Waals surface area contributed by atoms with Gasteiger partial charge in [0.15, 0.2) is 11.4 Å². The van der Waals surface area contributed by atoms with E-state index in [1.165, 1.54) is 77.0 Å². The molecule has 2 unspecified atom stereocenters. The monoisotopic (exact) mass is 385 g/mol. The van der Waals surface area contributed by atoms with E-state index in [0.717, 1.165) is 19.8 Å². The number of hydrogen-bond donors (Lipinski definition) is 3. The first kappa shape index (κ1) is 26.1. The van der Waals surface area contributed by atoms with Crippen LogP contribution in [0.3, 0.4) is 0 Å². The van der Waals surface area contributed by atoms with Gasteiger partial charge in [0.2, 0.25) is 0 Å². The summed E-state index contributed by atoms with van der Waals surface area (Å²) >= 11 is 0. The fourth-order valence-corrected chi connectivity index (χ4v) is 3.26. The van der Waals surface area contributed by atoms with Gasteiger partial charge in [-0.05, 0) is 13.3 Å². The molecule has 0 rings (SSSR count). The lowest BCUT2D eigenvalue weighted by Gasteiger charge is -2.24. The minimum atomic E-state index is -2.19. The van der Waals surface area contributed by atoms with E-state index in [1.54, 1.807) is 0 Å². The quantitative estimate of drug-likeness (QED) is 0.287. The zero-order chi connectivity index (χ0) is 20.5. The third kappa shape index (κ3) is 13.0. The van der Waals surface area contributed by atoms with Gasteiger partial charge < -0.3 is 15.9 Å². The Kier molecular flexibility index (Phi) is 15.5. The second-order valence-electron chi connectivity index (χ2n) is 8.08. The minimum Gasteiger partial charge on any atom is -0.382 e. The Morgan fingerprint density at radius 1 is 0.778 bits per heavy atom. The van der Waals surface area contributed by atoms with Crippen molar-refractivity contribution in [1.82, 2.24) is 0 Å². The Hall–Kier alpha value is -0.940. The molecule has 0 saturated carbocycles. The van der Waals surface area contributed by atoms with Crippen molar-refractivity contribution < 1.29 is 19.8 Å². The Labute approximate surface area is 166 Å². The van der Waals surface area contributed by atoms with Crippen LogP contribution < -0.4 is 5.73 Å². The van der Waals surface area contributed by atoms with Gasteiger partial charge in [-0.15, -0.1) is 0 Å². The van der Waals surface area contributed by atoms with E-state index in [-0.39, 0.29) is 6.42 Å². The summed E-state index contributed by atoms with van der Waals surface area (Å²) in [6.07, 6.45) is 17.1. The molecule has 0 bridgehead atoms. The normalized spacial score (nSPS) is 14.7. The number of aliphatic hydroxyl groups excluding tert-OH is 1. The molecule has 0 heterocycles. The molecule has 0 fully saturated rings. The summed E-state index contributed by atoms with van der Waals surface area (Å²) in [6, 6.07) is 0. The number of amides is 1. The second-order valence-corrected chi connectivity index (χ2v) is 8.08. The lowest BCUT2D eigenvalue weighted by molar-refractivity contribution is -0.156. The zero-order valence-electron chi connectivity index (χ0n) is 17.7. The smallest absolute Gasteiger partial charge is 0.252 e. The first-order valence-electron chi connectivity index (χ1n) is 11.1. The van der Waals surface area contributed by atoms with Crippen LogP contribution >= 0.6 is 0 Å². The van der Waals surface area contributed by atoms with Gasteiger partial charge in [0.05, 0.1) is 0 Å².